The zero-order valence-corrected chi connectivity index (χ0v) is 19.3. The fraction of sp³-hybridized carbons (Fsp3) is 0.500. The summed E-state index contributed by atoms with van der Waals surface area (Å²) >= 11 is 0. The topological polar surface area (TPSA) is 127 Å². The van der Waals surface area contributed by atoms with Crippen molar-refractivity contribution in [2.45, 2.75) is 51.1 Å². The molecule has 0 aliphatic carbocycles. The van der Waals surface area contributed by atoms with Crippen LogP contribution in [0, 0.1) is 11.3 Å². The number of fused-ring (bicyclic) bond motifs is 4. The minimum atomic E-state index is -4.74. The molecule has 5 rings (SSSR count). The van der Waals surface area contributed by atoms with Crippen molar-refractivity contribution in [1.82, 2.24) is 20.8 Å². The minimum absolute atomic E-state index is 0.153. The van der Waals surface area contributed by atoms with Gasteiger partial charge in [0.05, 0.1) is 18.7 Å². The number of hydrogen-bond acceptors (Lipinski definition) is 8. The predicted octanol–water partition coefficient (Wildman–Crippen LogP) is 2.74. The highest BCUT2D eigenvalue weighted by Crippen LogP contribution is 2.49. The lowest BCUT2D eigenvalue weighted by molar-refractivity contribution is -0.250. The number of anilines is 1. The number of benzene rings is 1. The standard InChI is InChI=1S/C22H20F5N5O5/c1-8(2)13-14-21(18(33)28-20(35)29-19(21)34)6-10-5-9(16-30-31-17(37-16)15(23)24)3-4-11(10)32(14)7-12(36-13)22(25,26)27/h3-5,8,12-15H,6-7H2,1-2H3,(H2,28,29,33,34,35)/t12-,13-,14+/m0/s1. The third-order valence-electron chi connectivity index (χ3n) is 6.85. The number of halogens is 5. The minimum Gasteiger partial charge on any atom is -0.415 e. The maximum Gasteiger partial charge on any atom is 0.416 e. The quantitative estimate of drug-likeness (QED) is 0.459. The number of amides is 4. The Labute approximate surface area is 205 Å². The number of imide groups is 2. The number of urea groups is 1. The molecule has 4 heterocycles. The highest BCUT2D eigenvalue weighted by Gasteiger charge is 2.65. The van der Waals surface area contributed by atoms with E-state index >= 15 is 0 Å². The number of alkyl halides is 5. The summed E-state index contributed by atoms with van der Waals surface area (Å²) < 4.78 is 77.9. The molecule has 10 nitrogen and oxygen atoms in total. The van der Waals surface area contributed by atoms with Crippen molar-refractivity contribution in [1.29, 1.82) is 0 Å². The molecule has 198 valence electrons. The van der Waals surface area contributed by atoms with Crippen LogP contribution in [0.25, 0.3) is 11.5 Å². The Morgan fingerprint density at radius 3 is 2.35 bits per heavy atom. The molecule has 2 fully saturated rings. The van der Waals surface area contributed by atoms with Gasteiger partial charge < -0.3 is 14.1 Å². The van der Waals surface area contributed by atoms with Crippen LogP contribution in [-0.2, 0) is 20.7 Å². The number of carbonyl (C=O) groups is 3. The fourth-order valence-electron chi connectivity index (χ4n) is 5.25. The number of barbiturate groups is 1. The van der Waals surface area contributed by atoms with Gasteiger partial charge in [-0.25, -0.2) is 4.79 Å². The lowest BCUT2D eigenvalue weighted by Crippen LogP contribution is -2.76. The molecular weight excluding hydrogens is 509 g/mol. The summed E-state index contributed by atoms with van der Waals surface area (Å²) in [6.07, 6.45) is -11.5. The number of morpholine rings is 1. The molecule has 2 aromatic rings. The number of carbonyl (C=O) groups excluding carboxylic acids is 3. The monoisotopic (exact) mass is 529 g/mol. The maximum atomic E-state index is 13.9. The van der Waals surface area contributed by atoms with Crippen LogP contribution in [0.4, 0.5) is 32.4 Å². The highest BCUT2D eigenvalue weighted by atomic mass is 19.4. The summed E-state index contributed by atoms with van der Waals surface area (Å²) in [6, 6.07) is 1.99. The van der Waals surface area contributed by atoms with E-state index in [4.69, 9.17) is 9.15 Å². The molecule has 3 aliphatic rings. The first-order valence-corrected chi connectivity index (χ1v) is 11.2. The van der Waals surface area contributed by atoms with E-state index in [1.165, 1.54) is 23.1 Å². The largest absolute Gasteiger partial charge is 0.416 e. The predicted molar refractivity (Wildman–Crippen MR) is 113 cm³/mol. The molecule has 37 heavy (non-hydrogen) atoms. The lowest BCUT2D eigenvalue weighted by Gasteiger charge is -2.57. The number of rotatable bonds is 3. The van der Waals surface area contributed by atoms with Crippen molar-refractivity contribution in [2.24, 2.45) is 11.3 Å². The fourth-order valence-corrected chi connectivity index (χ4v) is 5.25. The lowest BCUT2D eigenvalue weighted by atomic mass is 9.65. The zero-order chi connectivity index (χ0) is 26.9. The van der Waals surface area contributed by atoms with E-state index in [1.807, 2.05) is 0 Å². The Hall–Kier alpha value is -3.62. The van der Waals surface area contributed by atoms with E-state index < -0.39 is 72.5 Å². The molecule has 0 unspecified atom stereocenters. The molecule has 3 atom stereocenters. The van der Waals surface area contributed by atoms with Gasteiger partial charge in [-0.05, 0) is 36.1 Å². The van der Waals surface area contributed by atoms with Gasteiger partial charge in [-0.2, -0.15) is 22.0 Å². The molecule has 2 N–H and O–H groups in total. The normalized spacial score (nSPS) is 25.3. The first kappa shape index (κ1) is 25.0. The van der Waals surface area contributed by atoms with Crippen LogP contribution in [0.2, 0.25) is 0 Å². The third-order valence-corrected chi connectivity index (χ3v) is 6.85. The van der Waals surface area contributed by atoms with E-state index in [0.29, 0.717) is 0 Å². The van der Waals surface area contributed by atoms with Crippen LogP contribution in [0.5, 0.6) is 0 Å². The molecule has 1 aromatic carbocycles. The zero-order valence-electron chi connectivity index (χ0n) is 19.3. The SMILES string of the molecule is CC(C)[C@@H]1O[C@H](C(F)(F)F)CN2c3ccc(-c4nnc(C(F)F)o4)cc3CC3(C(=O)NC(=O)NC3=O)[C@@H]12. The van der Waals surface area contributed by atoms with Gasteiger partial charge in [0.2, 0.25) is 17.7 Å². The van der Waals surface area contributed by atoms with Gasteiger partial charge >= 0.3 is 18.6 Å². The van der Waals surface area contributed by atoms with Gasteiger partial charge in [0.15, 0.2) is 11.5 Å². The molecule has 2 saturated heterocycles. The number of nitrogens with zero attached hydrogens (tertiary/aromatic N) is 3. The second kappa shape index (κ2) is 8.46. The Balaban J connectivity index is 1.68. The molecule has 0 bridgehead atoms. The van der Waals surface area contributed by atoms with Crippen molar-refractivity contribution in [3.8, 4) is 11.5 Å². The van der Waals surface area contributed by atoms with Crippen molar-refractivity contribution < 1.29 is 45.5 Å². The van der Waals surface area contributed by atoms with Gasteiger partial charge in [0, 0.05) is 11.3 Å². The summed E-state index contributed by atoms with van der Waals surface area (Å²) in [5.74, 6) is -3.72. The van der Waals surface area contributed by atoms with Crippen molar-refractivity contribution >= 4 is 23.5 Å². The van der Waals surface area contributed by atoms with E-state index in [1.54, 1.807) is 13.8 Å². The van der Waals surface area contributed by atoms with E-state index in [0.717, 1.165) is 0 Å². The molecule has 0 radical (unpaired) electrons. The molecule has 1 spiro atoms. The van der Waals surface area contributed by atoms with Gasteiger partial charge in [-0.15, -0.1) is 10.2 Å². The van der Waals surface area contributed by atoms with E-state index in [2.05, 4.69) is 20.8 Å². The molecule has 0 saturated carbocycles. The number of hydrogen-bond donors (Lipinski definition) is 2. The van der Waals surface area contributed by atoms with Gasteiger partial charge in [-0.1, -0.05) is 13.8 Å². The highest BCUT2D eigenvalue weighted by molar-refractivity contribution is 6.20. The number of ether oxygens (including phenoxy) is 1. The van der Waals surface area contributed by atoms with Crippen molar-refractivity contribution in [3.05, 3.63) is 29.7 Å². The summed E-state index contributed by atoms with van der Waals surface area (Å²) in [7, 11) is 0. The third kappa shape index (κ3) is 3.91. The first-order valence-electron chi connectivity index (χ1n) is 11.2. The average Bonchev–Trinajstić information content (AvgIpc) is 3.31. The van der Waals surface area contributed by atoms with Crippen LogP contribution < -0.4 is 15.5 Å². The van der Waals surface area contributed by atoms with Gasteiger partial charge in [0.1, 0.15) is 0 Å². The number of aromatic nitrogens is 2. The Bertz CT molecular complexity index is 1260. The van der Waals surface area contributed by atoms with E-state index in [9.17, 15) is 36.3 Å². The Morgan fingerprint density at radius 2 is 1.78 bits per heavy atom. The van der Waals surface area contributed by atoms with Gasteiger partial charge in [0.25, 0.3) is 5.89 Å². The second-order valence-electron chi connectivity index (χ2n) is 9.45. The molecule has 1 aromatic heterocycles. The van der Waals surface area contributed by atoms with Crippen LogP contribution in [-0.4, -0.2) is 59.0 Å². The Morgan fingerprint density at radius 1 is 1.11 bits per heavy atom. The van der Waals surface area contributed by atoms with Crippen LogP contribution in [0.15, 0.2) is 22.6 Å². The molecular formula is C22H20F5N5O5. The summed E-state index contributed by atoms with van der Waals surface area (Å²) in [5.41, 5.74) is -1.35. The summed E-state index contributed by atoms with van der Waals surface area (Å²) in [4.78, 5) is 39.8. The number of nitrogens with one attached hydrogen (secondary N) is 2. The van der Waals surface area contributed by atoms with Crippen molar-refractivity contribution in [2.75, 3.05) is 11.4 Å². The summed E-state index contributed by atoms with van der Waals surface area (Å²) in [6.45, 7) is 2.48. The van der Waals surface area contributed by atoms with Crippen LogP contribution in [0.3, 0.4) is 0 Å². The summed E-state index contributed by atoms with van der Waals surface area (Å²) in [5, 5.41) is 11.0. The first-order chi connectivity index (χ1) is 17.3. The van der Waals surface area contributed by atoms with Crippen molar-refractivity contribution in [3.63, 3.8) is 0 Å². The molecule has 3 aliphatic heterocycles. The van der Waals surface area contributed by atoms with Gasteiger partial charge in [-0.3, -0.25) is 20.2 Å². The molecule has 4 amide bonds. The van der Waals surface area contributed by atoms with E-state index in [-0.39, 0.29) is 29.1 Å². The van der Waals surface area contributed by atoms with Crippen LogP contribution >= 0.6 is 0 Å². The average molecular weight is 529 g/mol. The van der Waals surface area contributed by atoms with Crippen LogP contribution in [0.1, 0.15) is 31.7 Å². The smallest absolute Gasteiger partial charge is 0.415 e. The maximum absolute atomic E-state index is 13.9. The molecule has 15 heteroatoms. The second-order valence-corrected chi connectivity index (χ2v) is 9.45. The Kier molecular flexibility index (Phi) is 5.73.